The highest BCUT2D eigenvalue weighted by atomic mass is 16.6. The van der Waals surface area contributed by atoms with Crippen LogP contribution in [0.5, 0.6) is 5.75 Å². The van der Waals surface area contributed by atoms with Crippen LogP contribution in [0.25, 0.3) is 0 Å². The quantitative estimate of drug-likeness (QED) is 0.134. The molecule has 3 amide bonds. The van der Waals surface area contributed by atoms with Crippen molar-refractivity contribution in [1.29, 1.82) is 0 Å². The molecular formula is C43H67N5O9. The Morgan fingerprint density at radius 1 is 0.825 bits per heavy atom. The zero-order valence-electron chi connectivity index (χ0n) is 35.0. The predicted molar refractivity (Wildman–Crippen MR) is 218 cm³/mol. The minimum atomic E-state index is -0.857. The number of ether oxygens (including phenoxy) is 6. The molecule has 0 unspecified atom stereocenters. The van der Waals surface area contributed by atoms with E-state index in [1.54, 1.807) is 16.7 Å². The van der Waals surface area contributed by atoms with Gasteiger partial charge in [-0.1, -0.05) is 51.1 Å². The molecule has 1 heterocycles. The van der Waals surface area contributed by atoms with E-state index in [2.05, 4.69) is 22.8 Å². The molecule has 0 spiro atoms. The zero-order chi connectivity index (χ0) is 41.2. The van der Waals surface area contributed by atoms with Crippen LogP contribution in [0.1, 0.15) is 68.8 Å². The van der Waals surface area contributed by atoms with E-state index in [1.807, 2.05) is 65.2 Å². The van der Waals surface area contributed by atoms with E-state index in [0.717, 1.165) is 36.0 Å². The number of nitrogens with two attached hydrogens (primary N) is 1. The lowest BCUT2D eigenvalue weighted by Crippen LogP contribution is -2.62. The summed E-state index contributed by atoms with van der Waals surface area (Å²) in [4.78, 5) is 45.7. The third kappa shape index (κ3) is 14.6. The van der Waals surface area contributed by atoms with Gasteiger partial charge in [0.1, 0.15) is 24.4 Å². The standard InChI is InChI=1S/C43H67N5O9/c1-31(47(5)6)40(49)46-39(43(2,3)4)42(51)48-30-34-28-35(57-27-26-56-25-24-55-23-22-54-21-20-53-19-18-52-17-16-44)15-14-33(34)29-38(48)41(50)45-37-13-9-11-32-10-7-8-12-36(32)37/h7-8,10,12,14-15,28,31,37-39H,9,11,13,16-27,29-30,44H2,1-6H3,(H,45,50)(H,46,49)/t31-,37+,38-,39+/m0/s1. The number of likely N-dealkylation sites (N-methyl/N-ethyl adjacent to an activating group) is 1. The molecule has 0 aromatic heterocycles. The molecule has 0 bridgehead atoms. The second-order valence-corrected chi connectivity index (χ2v) is 15.9. The highest BCUT2D eigenvalue weighted by Crippen LogP contribution is 2.33. The van der Waals surface area contributed by atoms with Crippen LogP contribution in [0.15, 0.2) is 42.5 Å². The molecule has 57 heavy (non-hydrogen) atoms. The highest BCUT2D eigenvalue weighted by molar-refractivity contribution is 5.94. The number of benzene rings is 2. The molecule has 2 aromatic rings. The first kappa shape index (κ1) is 46.1. The molecule has 0 radical (unpaired) electrons. The normalized spacial score (nSPS) is 17.7. The maximum atomic E-state index is 14.7. The Bertz CT molecular complexity index is 1550. The van der Waals surface area contributed by atoms with Crippen molar-refractivity contribution in [3.63, 3.8) is 0 Å². The number of carbonyl (C=O) groups excluding carboxylic acids is 3. The summed E-state index contributed by atoms with van der Waals surface area (Å²) in [6.45, 7) is 13.4. The number of aryl methyl sites for hydroxylation is 1. The Hall–Kier alpha value is -3.63. The molecule has 2 aromatic carbocycles. The summed E-state index contributed by atoms with van der Waals surface area (Å²) in [6, 6.07) is 11.9. The van der Waals surface area contributed by atoms with E-state index in [4.69, 9.17) is 34.2 Å². The lowest BCUT2D eigenvalue weighted by atomic mass is 9.83. The minimum Gasteiger partial charge on any atom is -0.491 e. The smallest absolute Gasteiger partial charge is 0.246 e. The lowest BCUT2D eigenvalue weighted by Gasteiger charge is -2.42. The van der Waals surface area contributed by atoms with Crippen molar-refractivity contribution in [2.75, 3.05) is 93.3 Å². The summed E-state index contributed by atoms with van der Waals surface area (Å²) in [7, 11) is 3.65. The molecule has 0 saturated heterocycles. The third-order valence-electron chi connectivity index (χ3n) is 10.4. The number of nitrogens with zero attached hydrogens (tertiary/aromatic N) is 2. The number of hydrogen-bond donors (Lipinski definition) is 3. The average molecular weight is 798 g/mol. The molecule has 2 aliphatic rings. The Morgan fingerprint density at radius 3 is 2.02 bits per heavy atom. The molecule has 0 saturated carbocycles. The van der Waals surface area contributed by atoms with Gasteiger partial charge in [0.05, 0.1) is 78.2 Å². The molecule has 0 fully saturated rings. The van der Waals surface area contributed by atoms with Gasteiger partial charge in [-0.15, -0.1) is 0 Å². The number of rotatable bonds is 24. The Kier molecular flexibility index (Phi) is 19.1. The van der Waals surface area contributed by atoms with Crippen LogP contribution in [-0.4, -0.2) is 139 Å². The first-order valence-corrected chi connectivity index (χ1v) is 20.4. The molecule has 4 atom stereocenters. The second-order valence-electron chi connectivity index (χ2n) is 15.9. The van der Waals surface area contributed by atoms with E-state index in [-0.39, 0.29) is 30.3 Å². The molecule has 4 rings (SSSR count). The maximum absolute atomic E-state index is 14.7. The van der Waals surface area contributed by atoms with Crippen LogP contribution in [0, 0.1) is 5.41 Å². The number of fused-ring (bicyclic) bond motifs is 2. The van der Waals surface area contributed by atoms with Gasteiger partial charge in [0.2, 0.25) is 17.7 Å². The van der Waals surface area contributed by atoms with Crippen molar-refractivity contribution in [2.24, 2.45) is 11.1 Å². The molecule has 318 valence electrons. The Morgan fingerprint density at radius 2 is 1.42 bits per heavy atom. The fraction of sp³-hybridized carbons (Fsp3) is 0.651. The molecule has 1 aliphatic carbocycles. The van der Waals surface area contributed by atoms with E-state index < -0.39 is 23.5 Å². The first-order valence-electron chi connectivity index (χ1n) is 20.4. The van der Waals surface area contributed by atoms with Gasteiger partial charge in [-0.2, -0.15) is 0 Å². The number of hydrogen-bond acceptors (Lipinski definition) is 11. The van der Waals surface area contributed by atoms with Crippen molar-refractivity contribution < 1.29 is 42.8 Å². The summed E-state index contributed by atoms with van der Waals surface area (Å²) >= 11 is 0. The van der Waals surface area contributed by atoms with Crippen LogP contribution in [0.2, 0.25) is 0 Å². The van der Waals surface area contributed by atoms with Gasteiger partial charge < -0.3 is 49.7 Å². The van der Waals surface area contributed by atoms with Crippen molar-refractivity contribution in [3.05, 3.63) is 64.7 Å². The average Bonchev–Trinajstić information content (AvgIpc) is 3.19. The predicted octanol–water partition coefficient (Wildman–Crippen LogP) is 3.04. The van der Waals surface area contributed by atoms with Crippen molar-refractivity contribution in [1.82, 2.24) is 20.4 Å². The van der Waals surface area contributed by atoms with Gasteiger partial charge in [0.15, 0.2) is 0 Å². The fourth-order valence-corrected chi connectivity index (χ4v) is 6.88. The highest BCUT2D eigenvalue weighted by Gasteiger charge is 2.43. The van der Waals surface area contributed by atoms with Crippen LogP contribution in [0.3, 0.4) is 0 Å². The lowest BCUT2D eigenvalue weighted by molar-refractivity contribution is -0.147. The Labute approximate surface area is 339 Å². The van der Waals surface area contributed by atoms with E-state index in [0.29, 0.717) is 91.4 Å². The molecule has 4 N–H and O–H groups in total. The van der Waals surface area contributed by atoms with Crippen molar-refractivity contribution in [3.8, 4) is 5.75 Å². The first-order chi connectivity index (χ1) is 27.4. The van der Waals surface area contributed by atoms with Crippen molar-refractivity contribution in [2.45, 2.75) is 84.1 Å². The number of carbonyl (C=O) groups is 3. The molecule has 14 heteroatoms. The van der Waals surface area contributed by atoms with Crippen molar-refractivity contribution >= 4 is 17.7 Å². The summed E-state index contributed by atoms with van der Waals surface area (Å²) in [6.07, 6.45) is 3.13. The largest absolute Gasteiger partial charge is 0.491 e. The van der Waals surface area contributed by atoms with Crippen LogP contribution in [-0.2, 0) is 57.5 Å². The van der Waals surface area contributed by atoms with Gasteiger partial charge in [0.25, 0.3) is 0 Å². The zero-order valence-corrected chi connectivity index (χ0v) is 35.0. The summed E-state index contributed by atoms with van der Waals surface area (Å²) < 4.78 is 33.5. The van der Waals surface area contributed by atoms with E-state index in [1.165, 1.54) is 5.56 Å². The van der Waals surface area contributed by atoms with Crippen LogP contribution < -0.4 is 21.1 Å². The summed E-state index contributed by atoms with van der Waals surface area (Å²) in [5.74, 6) is -0.0923. The molecule has 14 nitrogen and oxygen atoms in total. The summed E-state index contributed by atoms with van der Waals surface area (Å²) in [5, 5.41) is 6.34. The van der Waals surface area contributed by atoms with Crippen LogP contribution >= 0.6 is 0 Å². The molecular weight excluding hydrogens is 730 g/mol. The van der Waals surface area contributed by atoms with E-state index >= 15 is 0 Å². The monoisotopic (exact) mass is 797 g/mol. The van der Waals surface area contributed by atoms with E-state index in [9.17, 15) is 14.4 Å². The third-order valence-corrected chi connectivity index (χ3v) is 10.4. The Balaban J connectivity index is 1.33. The number of amides is 3. The van der Waals surface area contributed by atoms with Gasteiger partial charge in [-0.25, -0.2) is 0 Å². The minimum absolute atomic E-state index is 0.132. The fourth-order valence-electron chi connectivity index (χ4n) is 6.88. The number of nitrogens with one attached hydrogen (secondary N) is 2. The summed E-state index contributed by atoms with van der Waals surface area (Å²) in [5.41, 5.74) is 9.00. The van der Waals surface area contributed by atoms with Gasteiger partial charge >= 0.3 is 0 Å². The van der Waals surface area contributed by atoms with Gasteiger partial charge in [-0.05, 0) is 80.1 Å². The van der Waals surface area contributed by atoms with Gasteiger partial charge in [-0.3, -0.25) is 19.3 Å². The molecule has 1 aliphatic heterocycles. The van der Waals surface area contributed by atoms with Gasteiger partial charge in [0, 0.05) is 19.5 Å². The SMILES string of the molecule is C[C@@H](C(=O)N[C@H](C(=O)N1Cc2cc(OCCOCCOCCOCCOCCOCCN)ccc2C[C@H]1C(=O)N[C@@H]1CCCc2ccccc21)C(C)(C)C)N(C)C. The second kappa shape index (κ2) is 23.7. The topological polar surface area (TPSA) is 163 Å². The van der Waals surface area contributed by atoms with Crippen LogP contribution in [0.4, 0.5) is 0 Å². The maximum Gasteiger partial charge on any atom is 0.246 e.